The molecule has 11 rings (SSSR count). The Bertz CT molecular complexity index is 3290. The smallest absolute Gasteiger partial charge is 0.240 e. The van der Waals surface area contributed by atoms with Gasteiger partial charge in [0.15, 0.2) is 5.82 Å². The van der Waals surface area contributed by atoms with Crippen molar-refractivity contribution in [3.05, 3.63) is 170 Å². The van der Waals surface area contributed by atoms with Crippen molar-refractivity contribution in [2.45, 2.75) is 0 Å². The molecule has 6 nitrogen and oxygen atoms in total. The van der Waals surface area contributed by atoms with Crippen LogP contribution in [0.2, 0.25) is 0 Å². The average molecular weight is 657 g/mol. The third-order valence-electron chi connectivity index (χ3n) is 9.86. The van der Waals surface area contributed by atoms with E-state index < -0.39 is 0 Å². The highest BCUT2D eigenvalue weighted by Gasteiger charge is 2.22. The topological polar surface area (TPSA) is 53.5 Å². The van der Waals surface area contributed by atoms with Gasteiger partial charge in [-0.25, -0.2) is 0 Å². The maximum atomic E-state index is 9.17. The second-order valence-corrected chi connectivity index (χ2v) is 12.6. The van der Waals surface area contributed by atoms with Gasteiger partial charge in [-0.1, -0.05) is 121 Å². The zero-order valence-electron chi connectivity index (χ0n) is 31.0. The van der Waals surface area contributed by atoms with E-state index in [1.165, 1.54) is 0 Å². The van der Waals surface area contributed by atoms with Gasteiger partial charge < -0.3 is 4.57 Å². The molecule has 0 aliphatic carbocycles. The number of fused-ring (bicyclic) bond motifs is 9. The summed E-state index contributed by atoms with van der Waals surface area (Å²) in [6, 6.07) is 47.8. The fourth-order valence-electron chi connectivity index (χ4n) is 7.73. The average Bonchev–Trinajstić information content (AvgIpc) is 3.88. The molecule has 0 unspecified atom stereocenters. The molecular formula is C45H28N6. The molecule has 0 bridgehead atoms. The van der Waals surface area contributed by atoms with Crippen LogP contribution in [0, 0.1) is 0 Å². The Morgan fingerprint density at radius 1 is 0.353 bits per heavy atom. The minimum Gasteiger partial charge on any atom is -0.309 e. The van der Waals surface area contributed by atoms with Crippen LogP contribution in [-0.2, 0) is 0 Å². The first-order valence-corrected chi connectivity index (χ1v) is 16.8. The molecule has 4 heterocycles. The summed E-state index contributed by atoms with van der Waals surface area (Å²) in [7, 11) is 0. The molecule has 0 aliphatic rings. The molecule has 6 heteroatoms. The number of hydrogen-bond acceptors (Lipinski definition) is 3. The Morgan fingerprint density at radius 2 is 0.745 bits per heavy atom. The fraction of sp³-hybridized carbons (Fsp3) is 0. The minimum absolute atomic E-state index is 0.112. The van der Waals surface area contributed by atoms with Gasteiger partial charge in [0, 0.05) is 37.9 Å². The van der Waals surface area contributed by atoms with E-state index in [4.69, 9.17) is 20.4 Å². The van der Waals surface area contributed by atoms with Crippen LogP contribution in [0.3, 0.4) is 0 Å². The van der Waals surface area contributed by atoms with Gasteiger partial charge in [0.1, 0.15) is 0 Å². The Labute approximate surface area is 297 Å². The van der Waals surface area contributed by atoms with Gasteiger partial charge in [-0.3, -0.25) is 9.13 Å². The lowest BCUT2D eigenvalue weighted by Crippen LogP contribution is -2.11. The maximum Gasteiger partial charge on any atom is 0.240 e. The van der Waals surface area contributed by atoms with Crippen molar-refractivity contribution >= 4 is 65.4 Å². The molecule has 0 spiro atoms. The van der Waals surface area contributed by atoms with E-state index in [0.717, 1.165) is 54.9 Å². The molecule has 0 saturated heterocycles. The normalized spacial score (nSPS) is 13.0. The van der Waals surface area contributed by atoms with Gasteiger partial charge in [0.05, 0.1) is 44.3 Å². The molecule has 0 radical (unpaired) electrons. The van der Waals surface area contributed by atoms with Crippen molar-refractivity contribution < 1.29 is 5.48 Å². The second-order valence-electron chi connectivity index (χ2n) is 12.6. The van der Waals surface area contributed by atoms with E-state index in [0.29, 0.717) is 33.6 Å². The number of aromatic nitrogens is 6. The summed E-state index contributed by atoms with van der Waals surface area (Å²) in [5.41, 5.74) is 6.55. The number of rotatable bonds is 4. The van der Waals surface area contributed by atoms with E-state index >= 15 is 0 Å². The number of hydrogen-bond donors (Lipinski definition) is 0. The van der Waals surface area contributed by atoms with Gasteiger partial charge in [-0.15, -0.1) is 0 Å². The molecule has 4 aromatic heterocycles. The van der Waals surface area contributed by atoms with E-state index in [1.807, 2.05) is 83.4 Å². The van der Waals surface area contributed by atoms with Gasteiger partial charge in [0.25, 0.3) is 0 Å². The van der Waals surface area contributed by atoms with Crippen LogP contribution in [-0.4, -0.2) is 28.7 Å². The summed E-state index contributed by atoms with van der Waals surface area (Å²) in [6.45, 7) is 0. The van der Waals surface area contributed by atoms with Gasteiger partial charge in [-0.05, 0) is 48.5 Å². The minimum atomic E-state index is -0.324. The van der Waals surface area contributed by atoms with Crippen molar-refractivity contribution in [2.24, 2.45) is 0 Å². The molecule has 7 aromatic carbocycles. The second kappa shape index (κ2) is 10.7. The molecule has 11 aromatic rings. The zero-order chi connectivity index (χ0) is 36.9. The molecule has 0 aliphatic heterocycles. The predicted molar refractivity (Wildman–Crippen MR) is 208 cm³/mol. The van der Waals surface area contributed by atoms with Crippen molar-refractivity contribution in [2.75, 3.05) is 0 Å². The summed E-state index contributed by atoms with van der Waals surface area (Å²) >= 11 is 0. The van der Waals surface area contributed by atoms with Crippen molar-refractivity contribution in [3.63, 3.8) is 0 Å². The van der Waals surface area contributed by atoms with E-state index in [9.17, 15) is 0 Å². The quantitative estimate of drug-likeness (QED) is 0.189. The highest BCUT2D eigenvalue weighted by molar-refractivity contribution is 6.11. The first kappa shape index (κ1) is 24.1. The summed E-state index contributed by atoms with van der Waals surface area (Å²) < 4.78 is 41.4. The zero-order valence-corrected chi connectivity index (χ0v) is 27.0. The van der Waals surface area contributed by atoms with E-state index in [1.54, 1.807) is 4.57 Å². The van der Waals surface area contributed by atoms with Gasteiger partial charge in [0.2, 0.25) is 11.9 Å². The van der Waals surface area contributed by atoms with Gasteiger partial charge in [-0.2, -0.15) is 15.0 Å². The Balaban J connectivity index is 1.29. The number of benzene rings is 7. The first-order chi connectivity index (χ1) is 27.0. The first-order valence-electron chi connectivity index (χ1n) is 18.8. The molecular weight excluding hydrogens is 625 g/mol. The highest BCUT2D eigenvalue weighted by Crippen LogP contribution is 2.37. The van der Waals surface area contributed by atoms with Gasteiger partial charge >= 0.3 is 0 Å². The summed E-state index contributed by atoms with van der Waals surface area (Å²) in [4.78, 5) is 15.7. The van der Waals surface area contributed by atoms with Crippen LogP contribution < -0.4 is 0 Å². The van der Waals surface area contributed by atoms with Crippen LogP contribution in [0.5, 0.6) is 0 Å². The van der Waals surface area contributed by atoms with E-state index in [-0.39, 0.29) is 30.1 Å². The Kier molecular flexibility index (Phi) is 5.08. The summed E-state index contributed by atoms with van der Waals surface area (Å²) in [5, 5.41) is 5.46. The largest absolute Gasteiger partial charge is 0.309 e. The molecule has 0 amide bonds. The van der Waals surface area contributed by atoms with Crippen molar-refractivity contribution in [3.8, 4) is 29.0 Å². The molecule has 0 fully saturated rings. The fourth-order valence-corrected chi connectivity index (χ4v) is 7.73. The SMILES string of the molecule is [2H]c1c([2H])c([2H])c2c(c1[2H])c1ccccc1n2-c1nc(-c2ccccc2-n2c3ccccc3c3ccccc32)nc(-n2c3ccccc3c3ccccc32)n1. The molecule has 0 atom stereocenters. The van der Waals surface area contributed by atoms with E-state index in [2.05, 4.69) is 71.3 Å². The maximum absolute atomic E-state index is 9.17. The standard InChI is InChI=1S/C45H28N6/c1-8-22-36-29(15-1)30-16-2-9-23-37(30)49(36)42-28-14-7-21-35(42)43-46-44(50-38-24-10-3-17-31(38)32-18-4-11-25-39(32)50)48-45(47-43)51-40-26-12-5-19-33(40)34-20-6-13-27-41(34)51/h1-28H/i3D,10D,17D,24D. The predicted octanol–water partition coefficient (Wildman–Crippen LogP) is 10.8. The summed E-state index contributed by atoms with van der Waals surface area (Å²) in [6.07, 6.45) is 0. The summed E-state index contributed by atoms with van der Waals surface area (Å²) in [5.74, 6) is 1.02. The molecule has 238 valence electrons. The third kappa shape index (κ3) is 4.01. The van der Waals surface area contributed by atoms with Crippen molar-refractivity contribution in [1.82, 2.24) is 28.7 Å². The van der Waals surface area contributed by atoms with Crippen LogP contribution in [0.25, 0.3) is 94.4 Å². The van der Waals surface area contributed by atoms with Crippen molar-refractivity contribution in [1.29, 1.82) is 0 Å². The lowest BCUT2D eigenvalue weighted by Gasteiger charge is -2.16. The molecule has 0 saturated carbocycles. The molecule has 51 heavy (non-hydrogen) atoms. The lowest BCUT2D eigenvalue weighted by molar-refractivity contribution is 0.892. The van der Waals surface area contributed by atoms with Crippen LogP contribution >= 0.6 is 0 Å². The third-order valence-corrected chi connectivity index (χ3v) is 9.86. The Morgan fingerprint density at radius 3 is 1.27 bits per heavy atom. The molecule has 0 N–H and O–H groups in total. The van der Waals surface area contributed by atoms with Crippen LogP contribution in [0.4, 0.5) is 0 Å². The Hall–Kier alpha value is -7.05. The lowest BCUT2D eigenvalue weighted by atomic mass is 10.1. The monoisotopic (exact) mass is 656 g/mol. The van der Waals surface area contributed by atoms with Crippen LogP contribution in [0.1, 0.15) is 5.48 Å². The highest BCUT2D eigenvalue weighted by atomic mass is 15.3. The van der Waals surface area contributed by atoms with Crippen LogP contribution in [0.15, 0.2) is 170 Å². The number of nitrogens with zero attached hydrogens (tertiary/aromatic N) is 6. The number of para-hydroxylation sites is 7.